The summed E-state index contributed by atoms with van der Waals surface area (Å²) in [7, 11) is 0. The van der Waals surface area contributed by atoms with E-state index in [1.807, 2.05) is 0 Å². The Morgan fingerprint density at radius 3 is 3.00 bits per heavy atom. The molecule has 1 saturated heterocycles. The summed E-state index contributed by atoms with van der Waals surface area (Å²) in [6, 6.07) is 6.33. The van der Waals surface area contributed by atoms with Crippen LogP contribution < -0.4 is 4.74 Å². The number of fused-ring (bicyclic) bond motifs is 1. The molecule has 1 aliphatic rings. The van der Waals surface area contributed by atoms with Gasteiger partial charge in [0.1, 0.15) is 11.4 Å². The number of H-pyrrole nitrogens is 1. The number of hydrogen-bond donors (Lipinski definition) is 2. The summed E-state index contributed by atoms with van der Waals surface area (Å²) >= 11 is 0. The second-order valence-electron chi connectivity index (χ2n) is 5.94. The zero-order chi connectivity index (χ0) is 17.1. The number of rotatable bonds is 5. The molecule has 1 aromatic heterocycles. The number of ether oxygens (including phenoxy) is 1. The van der Waals surface area contributed by atoms with Crippen molar-refractivity contribution in [3.8, 4) is 5.75 Å². The number of nitrogens with one attached hydrogen (secondary N) is 1. The molecule has 5 nitrogen and oxygen atoms in total. The van der Waals surface area contributed by atoms with Gasteiger partial charge in [-0.05, 0) is 43.9 Å². The van der Waals surface area contributed by atoms with E-state index < -0.39 is 6.61 Å². The minimum absolute atomic E-state index is 0.0134. The van der Waals surface area contributed by atoms with E-state index in [0.29, 0.717) is 29.6 Å². The van der Waals surface area contributed by atoms with E-state index in [1.165, 1.54) is 6.07 Å². The molecular weight excluding hydrogens is 318 g/mol. The van der Waals surface area contributed by atoms with E-state index in [4.69, 9.17) is 0 Å². The Hall–Kier alpha value is -2.15. The standard InChI is InChI=1S/C17H20F2N2O3/c18-17(19)24-15-6-3-5-13-12(15)10-14(20-13)16(23)21-8-2-1-4-11(21)7-9-22/h3,5-6,10-11,17,20,22H,1-2,4,7-9H2. The number of alkyl halides is 2. The number of amides is 1. The highest BCUT2D eigenvalue weighted by atomic mass is 19.3. The maximum absolute atomic E-state index is 12.8. The fourth-order valence-corrected chi connectivity index (χ4v) is 3.31. The van der Waals surface area contributed by atoms with Gasteiger partial charge in [0.2, 0.25) is 0 Å². The van der Waals surface area contributed by atoms with Crippen molar-refractivity contribution in [2.75, 3.05) is 13.2 Å². The lowest BCUT2D eigenvalue weighted by atomic mass is 9.99. The minimum atomic E-state index is -2.92. The summed E-state index contributed by atoms with van der Waals surface area (Å²) in [6.07, 6.45) is 3.37. The zero-order valence-corrected chi connectivity index (χ0v) is 13.2. The molecule has 1 amide bonds. The van der Waals surface area contributed by atoms with Crippen molar-refractivity contribution in [1.29, 1.82) is 0 Å². The van der Waals surface area contributed by atoms with E-state index in [9.17, 15) is 18.7 Å². The van der Waals surface area contributed by atoms with Crippen LogP contribution >= 0.6 is 0 Å². The molecule has 0 aliphatic carbocycles. The summed E-state index contributed by atoms with van der Waals surface area (Å²) in [6.45, 7) is -2.24. The summed E-state index contributed by atoms with van der Waals surface area (Å²) in [5, 5.41) is 9.65. The third-order valence-electron chi connectivity index (χ3n) is 4.42. The van der Waals surface area contributed by atoms with Gasteiger partial charge in [-0.3, -0.25) is 4.79 Å². The molecule has 2 aromatic rings. The number of aliphatic hydroxyl groups excluding tert-OH is 1. The normalized spacial score (nSPS) is 18.3. The number of benzene rings is 1. The zero-order valence-electron chi connectivity index (χ0n) is 13.2. The molecule has 7 heteroatoms. The van der Waals surface area contributed by atoms with Crippen LogP contribution in [0.1, 0.15) is 36.2 Å². The maximum atomic E-state index is 12.8. The Morgan fingerprint density at radius 2 is 2.25 bits per heavy atom. The molecule has 0 saturated carbocycles. The average molecular weight is 338 g/mol. The first-order chi connectivity index (χ1) is 11.6. The summed E-state index contributed by atoms with van der Waals surface area (Å²) < 4.78 is 29.5. The smallest absolute Gasteiger partial charge is 0.387 e. The molecule has 130 valence electrons. The van der Waals surface area contributed by atoms with Gasteiger partial charge in [-0.15, -0.1) is 0 Å². The first-order valence-corrected chi connectivity index (χ1v) is 8.08. The Bertz CT molecular complexity index is 715. The lowest BCUT2D eigenvalue weighted by Crippen LogP contribution is -2.44. The number of carbonyl (C=O) groups excluding carboxylic acids is 1. The third kappa shape index (κ3) is 3.36. The second-order valence-corrected chi connectivity index (χ2v) is 5.94. The van der Waals surface area contributed by atoms with Gasteiger partial charge in [0, 0.05) is 30.1 Å². The highest BCUT2D eigenvalue weighted by Crippen LogP contribution is 2.29. The highest BCUT2D eigenvalue weighted by molar-refractivity contribution is 5.99. The summed E-state index contributed by atoms with van der Waals surface area (Å²) in [4.78, 5) is 17.6. The number of piperidine rings is 1. The van der Waals surface area contributed by atoms with Crippen molar-refractivity contribution < 1.29 is 23.4 Å². The first-order valence-electron chi connectivity index (χ1n) is 8.08. The van der Waals surface area contributed by atoms with Crippen LogP contribution in [0, 0.1) is 0 Å². The topological polar surface area (TPSA) is 65.6 Å². The van der Waals surface area contributed by atoms with Gasteiger partial charge in [0.15, 0.2) is 0 Å². The van der Waals surface area contributed by atoms with Crippen LogP contribution in [0.4, 0.5) is 8.78 Å². The van der Waals surface area contributed by atoms with Crippen LogP contribution in [-0.4, -0.2) is 46.7 Å². The molecular formula is C17H20F2N2O3. The number of hydrogen-bond acceptors (Lipinski definition) is 3. The van der Waals surface area contributed by atoms with E-state index in [2.05, 4.69) is 9.72 Å². The van der Waals surface area contributed by atoms with Crippen molar-refractivity contribution in [2.45, 2.75) is 38.3 Å². The fraction of sp³-hybridized carbons (Fsp3) is 0.471. The van der Waals surface area contributed by atoms with Crippen LogP contribution in [-0.2, 0) is 0 Å². The van der Waals surface area contributed by atoms with E-state index in [0.717, 1.165) is 19.3 Å². The number of carbonyl (C=O) groups is 1. The quantitative estimate of drug-likeness (QED) is 0.880. The summed E-state index contributed by atoms with van der Waals surface area (Å²) in [5.41, 5.74) is 0.923. The van der Waals surface area contributed by atoms with E-state index in [1.54, 1.807) is 23.1 Å². The Balaban J connectivity index is 1.89. The van der Waals surface area contributed by atoms with Crippen LogP contribution in [0.15, 0.2) is 24.3 Å². The second kappa shape index (κ2) is 7.17. The number of aromatic nitrogens is 1. The van der Waals surface area contributed by atoms with Crippen LogP contribution in [0.25, 0.3) is 10.9 Å². The van der Waals surface area contributed by atoms with Gasteiger partial charge in [-0.2, -0.15) is 8.78 Å². The largest absolute Gasteiger partial charge is 0.434 e. The van der Waals surface area contributed by atoms with Crippen molar-refractivity contribution in [3.05, 3.63) is 30.0 Å². The minimum Gasteiger partial charge on any atom is -0.434 e. The highest BCUT2D eigenvalue weighted by Gasteiger charge is 2.28. The van der Waals surface area contributed by atoms with Gasteiger partial charge in [-0.25, -0.2) is 0 Å². The third-order valence-corrected chi connectivity index (χ3v) is 4.42. The van der Waals surface area contributed by atoms with E-state index >= 15 is 0 Å². The molecule has 1 aliphatic heterocycles. The fourth-order valence-electron chi connectivity index (χ4n) is 3.31. The predicted octanol–water partition coefficient (Wildman–Crippen LogP) is 3.15. The molecule has 1 unspecified atom stereocenters. The molecule has 24 heavy (non-hydrogen) atoms. The maximum Gasteiger partial charge on any atom is 0.387 e. The molecule has 1 atom stereocenters. The molecule has 1 fully saturated rings. The van der Waals surface area contributed by atoms with Crippen molar-refractivity contribution in [2.24, 2.45) is 0 Å². The molecule has 3 rings (SSSR count). The Kier molecular flexibility index (Phi) is 4.99. The Labute approximate surface area is 138 Å². The molecule has 0 radical (unpaired) electrons. The SMILES string of the molecule is O=C(c1cc2c(OC(F)F)cccc2[nH]1)N1CCCCC1CCO. The monoisotopic (exact) mass is 338 g/mol. The van der Waals surface area contributed by atoms with E-state index in [-0.39, 0.29) is 24.3 Å². The molecule has 1 aromatic carbocycles. The molecule has 2 N–H and O–H groups in total. The lowest BCUT2D eigenvalue weighted by Gasteiger charge is -2.35. The van der Waals surface area contributed by atoms with Gasteiger partial charge in [0.05, 0.1) is 0 Å². The van der Waals surface area contributed by atoms with Gasteiger partial charge < -0.3 is 19.7 Å². The number of aromatic amines is 1. The summed E-state index contributed by atoms with van der Waals surface area (Å²) in [5.74, 6) is -0.129. The van der Waals surface area contributed by atoms with Gasteiger partial charge >= 0.3 is 6.61 Å². The molecule has 2 heterocycles. The molecule has 0 bridgehead atoms. The first kappa shape index (κ1) is 16.7. The number of nitrogens with zero attached hydrogens (tertiary/aromatic N) is 1. The van der Waals surface area contributed by atoms with Crippen molar-refractivity contribution >= 4 is 16.8 Å². The lowest BCUT2D eigenvalue weighted by molar-refractivity contribution is -0.0487. The van der Waals surface area contributed by atoms with Crippen LogP contribution in [0.2, 0.25) is 0 Å². The number of likely N-dealkylation sites (tertiary alicyclic amines) is 1. The average Bonchev–Trinajstić information content (AvgIpc) is 3.00. The van der Waals surface area contributed by atoms with Crippen LogP contribution in [0.3, 0.4) is 0 Å². The van der Waals surface area contributed by atoms with Crippen molar-refractivity contribution in [1.82, 2.24) is 9.88 Å². The van der Waals surface area contributed by atoms with Gasteiger partial charge in [0.25, 0.3) is 5.91 Å². The molecule has 0 spiro atoms. The number of halogens is 2. The van der Waals surface area contributed by atoms with Crippen molar-refractivity contribution in [3.63, 3.8) is 0 Å². The number of aliphatic hydroxyl groups is 1. The predicted molar refractivity (Wildman–Crippen MR) is 85.3 cm³/mol. The van der Waals surface area contributed by atoms with Crippen LogP contribution in [0.5, 0.6) is 5.75 Å². The van der Waals surface area contributed by atoms with Gasteiger partial charge in [-0.1, -0.05) is 6.07 Å². The Morgan fingerprint density at radius 1 is 1.42 bits per heavy atom.